The summed E-state index contributed by atoms with van der Waals surface area (Å²) < 4.78 is 41.4. The minimum absolute atomic E-state index is 0.232. The van der Waals surface area contributed by atoms with Crippen LogP contribution in [0.25, 0.3) is 0 Å². The first-order valence-corrected chi connectivity index (χ1v) is 7.43. The monoisotopic (exact) mass is 377 g/mol. The van der Waals surface area contributed by atoms with Crippen LogP contribution in [-0.2, 0) is 0 Å². The minimum Gasteiger partial charge on any atom is -0.306 e. The van der Waals surface area contributed by atoms with Gasteiger partial charge < -0.3 is 5.32 Å². The van der Waals surface area contributed by atoms with Crippen molar-refractivity contribution in [3.63, 3.8) is 0 Å². The van der Waals surface area contributed by atoms with Gasteiger partial charge in [-0.2, -0.15) is 0 Å². The smallest absolute Gasteiger partial charge is 0.129 e. The van der Waals surface area contributed by atoms with Gasteiger partial charge in [0.15, 0.2) is 0 Å². The summed E-state index contributed by atoms with van der Waals surface area (Å²) in [6, 6.07) is 5.11. The maximum atomic E-state index is 14.2. The van der Waals surface area contributed by atoms with Crippen molar-refractivity contribution in [2.45, 2.75) is 13.0 Å². The van der Waals surface area contributed by atoms with Crippen molar-refractivity contribution in [2.24, 2.45) is 0 Å². The molecule has 6 heteroatoms. The molecule has 2 rings (SSSR count). The van der Waals surface area contributed by atoms with E-state index in [9.17, 15) is 13.2 Å². The van der Waals surface area contributed by atoms with Crippen molar-refractivity contribution in [3.05, 3.63) is 68.4 Å². The number of hydrogen-bond donors (Lipinski definition) is 1. The number of halogens is 5. The highest BCUT2D eigenvalue weighted by Crippen LogP contribution is 2.32. The normalized spacial score (nSPS) is 12.5. The topological polar surface area (TPSA) is 12.0 Å². The van der Waals surface area contributed by atoms with Gasteiger partial charge in [-0.1, -0.05) is 18.5 Å². The third-order valence-electron chi connectivity index (χ3n) is 2.98. The predicted molar refractivity (Wildman–Crippen MR) is 81.0 cm³/mol. The van der Waals surface area contributed by atoms with Crippen molar-refractivity contribution in [3.8, 4) is 0 Å². The van der Waals surface area contributed by atoms with Crippen LogP contribution in [-0.4, -0.2) is 6.54 Å². The van der Waals surface area contributed by atoms with Gasteiger partial charge in [-0.3, -0.25) is 0 Å². The molecule has 0 amide bonds. The van der Waals surface area contributed by atoms with Gasteiger partial charge in [0, 0.05) is 16.1 Å². The largest absolute Gasteiger partial charge is 0.306 e. The van der Waals surface area contributed by atoms with Gasteiger partial charge in [-0.15, -0.1) is 0 Å². The van der Waals surface area contributed by atoms with E-state index in [1.165, 1.54) is 24.3 Å². The van der Waals surface area contributed by atoms with Crippen LogP contribution in [0.2, 0.25) is 5.02 Å². The van der Waals surface area contributed by atoms with E-state index in [-0.39, 0.29) is 5.56 Å². The average molecular weight is 379 g/mol. The molecule has 112 valence electrons. The second kappa shape index (κ2) is 6.81. The molecule has 0 aliphatic heterocycles. The van der Waals surface area contributed by atoms with E-state index in [4.69, 9.17) is 11.6 Å². The van der Waals surface area contributed by atoms with Crippen LogP contribution in [0.5, 0.6) is 0 Å². The van der Waals surface area contributed by atoms with Crippen molar-refractivity contribution in [2.75, 3.05) is 6.54 Å². The van der Waals surface area contributed by atoms with E-state index in [0.29, 0.717) is 21.6 Å². The highest BCUT2D eigenvalue weighted by atomic mass is 79.9. The number of hydrogen-bond acceptors (Lipinski definition) is 1. The Bertz CT molecular complexity index is 643. The maximum absolute atomic E-state index is 14.2. The maximum Gasteiger partial charge on any atom is 0.129 e. The molecule has 0 radical (unpaired) electrons. The highest BCUT2D eigenvalue weighted by molar-refractivity contribution is 9.10. The summed E-state index contributed by atoms with van der Waals surface area (Å²) in [5.74, 6) is -1.94. The first-order valence-electron chi connectivity index (χ1n) is 6.26. The molecule has 0 saturated heterocycles. The Morgan fingerprint density at radius 1 is 1.10 bits per heavy atom. The Morgan fingerprint density at radius 2 is 1.71 bits per heavy atom. The van der Waals surface area contributed by atoms with Gasteiger partial charge in [0.05, 0.1) is 11.1 Å². The Labute approximate surface area is 134 Å². The van der Waals surface area contributed by atoms with Crippen LogP contribution in [0.1, 0.15) is 24.1 Å². The molecule has 0 aromatic heterocycles. The predicted octanol–water partition coefficient (Wildman–Crippen LogP) is 5.22. The van der Waals surface area contributed by atoms with Crippen molar-refractivity contribution in [1.82, 2.24) is 5.32 Å². The molecule has 1 atom stereocenters. The molecule has 1 N–H and O–H groups in total. The van der Waals surface area contributed by atoms with E-state index in [0.717, 1.165) is 6.07 Å². The Hall–Kier alpha value is -1.04. The average Bonchev–Trinajstić information content (AvgIpc) is 2.39. The van der Waals surface area contributed by atoms with E-state index in [1.54, 1.807) is 0 Å². The summed E-state index contributed by atoms with van der Waals surface area (Å²) in [5, 5.41) is 3.34. The summed E-state index contributed by atoms with van der Waals surface area (Å²) in [7, 11) is 0. The molecule has 0 heterocycles. The van der Waals surface area contributed by atoms with E-state index in [1.807, 2.05) is 6.92 Å². The Morgan fingerprint density at radius 3 is 2.29 bits per heavy atom. The van der Waals surface area contributed by atoms with E-state index < -0.39 is 23.5 Å². The quantitative estimate of drug-likeness (QED) is 0.719. The van der Waals surface area contributed by atoms with Gasteiger partial charge in [0.1, 0.15) is 17.5 Å². The summed E-state index contributed by atoms with van der Waals surface area (Å²) in [5.41, 5.74) is 0.529. The summed E-state index contributed by atoms with van der Waals surface area (Å²) in [6.45, 7) is 2.32. The SMILES string of the molecule is CCNC(c1cc(F)cc(F)c1)c1cc(Cl)c(Br)cc1F. The molecule has 2 aromatic carbocycles. The molecule has 2 aromatic rings. The van der Waals surface area contributed by atoms with Crippen LogP contribution < -0.4 is 5.32 Å². The molecule has 0 fully saturated rings. The highest BCUT2D eigenvalue weighted by Gasteiger charge is 2.20. The second-order valence-electron chi connectivity index (χ2n) is 4.48. The second-order valence-corrected chi connectivity index (χ2v) is 5.74. The summed E-state index contributed by atoms with van der Waals surface area (Å²) in [6.07, 6.45) is 0. The first kappa shape index (κ1) is 16.3. The summed E-state index contributed by atoms with van der Waals surface area (Å²) >= 11 is 9.13. The third kappa shape index (κ3) is 3.78. The van der Waals surface area contributed by atoms with Crippen LogP contribution in [0, 0.1) is 17.5 Å². The lowest BCUT2D eigenvalue weighted by Crippen LogP contribution is -2.23. The Balaban J connectivity index is 2.55. The standard InChI is InChI=1S/C15H12BrClF3N/c1-2-21-15(8-3-9(18)5-10(19)4-8)11-6-13(17)12(16)7-14(11)20/h3-7,15,21H,2H2,1H3. The van der Waals surface area contributed by atoms with Gasteiger partial charge in [-0.05, 0) is 52.3 Å². The molecule has 0 saturated carbocycles. The van der Waals surface area contributed by atoms with Gasteiger partial charge in [-0.25, -0.2) is 13.2 Å². The molecule has 0 aliphatic rings. The zero-order valence-electron chi connectivity index (χ0n) is 11.1. The fourth-order valence-electron chi connectivity index (χ4n) is 2.11. The lowest BCUT2D eigenvalue weighted by molar-refractivity contribution is 0.543. The van der Waals surface area contributed by atoms with Crippen LogP contribution in [0.4, 0.5) is 13.2 Å². The van der Waals surface area contributed by atoms with Crippen molar-refractivity contribution in [1.29, 1.82) is 0 Å². The lowest BCUT2D eigenvalue weighted by Gasteiger charge is -2.20. The molecule has 0 aliphatic carbocycles. The molecule has 21 heavy (non-hydrogen) atoms. The fourth-order valence-corrected chi connectivity index (χ4v) is 2.60. The van der Waals surface area contributed by atoms with E-state index in [2.05, 4.69) is 21.2 Å². The van der Waals surface area contributed by atoms with Crippen molar-refractivity contribution < 1.29 is 13.2 Å². The van der Waals surface area contributed by atoms with Gasteiger partial charge >= 0.3 is 0 Å². The van der Waals surface area contributed by atoms with Crippen LogP contribution >= 0.6 is 27.5 Å². The van der Waals surface area contributed by atoms with Gasteiger partial charge in [0.2, 0.25) is 0 Å². The molecule has 1 nitrogen and oxygen atoms in total. The Kier molecular flexibility index (Phi) is 5.30. The minimum atomic E-state index is -0.712. The third-order valence-corrected chi connectivity index (χ3v) is 4.17. The molecule has 0 spiro atoms. The number of rotatable bonds is 4. The fraction of sp³-hybridized carbons (Fsp3) is 0.200. The zero-order valence-corrected chi connectivity index (χ0v) is 13.4. The molecule has 0 bridgehead atoms. The van der Waals surface area contributed by atoms with Gasteiger partial charge in [0.25, 0.3) is 0 Å². The molecular weight excluding hydrogens is 367 g/mol. The number of nitrogens with one attached hydrogen (secondary N) is 1. The van der Waals surface area contributed by atoms with Crippen LogP contribution in [0.3, 0.4) is 0 Å². The lowest BCUT2D eigenvalue weighted by atomic mass is 9.98. The van der Waals surface area contributed by atoms with Crippen LogP contribution in [0.15, 0.2) is 34.8 Å². The summed E-state index contributed by atoms with van der Waals surface area (Å²) in [4.78, 5) is 0. The van der Waals surface area contributed by atoms with E-state index >= 15 is 0 Å². The first-order chi connectivity index (χ1) is 9.92. The molecule has 1 unspecified atom stereocenters. The van der Waals surface area contributed by atoms with Crippen molar-refractivity contribution >= 4 is 27.5 Å². The zero-order chi connectivity index (χ0) is 15.6. The molecular formula is C15H12BrClF3N. The number of benzene rings is 2.